The van der Waals surface area contributed by atoms with Gasteiger partial charge in [-0.1, -0.05) is 0 Å². The standard InChI is InChI=1S/C12H10F2N4O2/c1-17-10(15)9(14)6-18(12(17)20)11(19)16-8-4-2-7(13)3-5-8/h2-6,15H,1H3,(H,16,19). The lowest BCUT2D eigenvalue weighted by Crippen LogP contribution is -2.43. The van der Waals surface area contributed by atoms with Crippen LogP contribution in [-0.4, -0.2) is 15.2 Å². The summed E-state index contributed by atoms with van der Waals surface area (Å²) in [5, 5.41) is 9.58. The molecule has 2 N–H and O–H groups in total. The summed E-state index contributed by atoms with van der Waals surface area (Å²) in [6.07, 6.45) is 0.628. The number of benzene rings is 1. The first-order valence-electron chi connectivity index (χ1n) is 5.50. The number of carbonyl (C=O) groups excluding carboxylic acids is 1. The lowest BCUT2D eigenvalue weighted by molar-refractivity contribution is 0.251. The van der Waals surface area contributed by atoms with Crippen LogP contribution >= 0.6 is 0 Å². The maximum atomic E-state index is 13.4. The molecule has 1 heterocycles. The van der Waals surface area contributed by atoms with Gasteiger partial charge in [-0.05, 0) is 24.3 Å². The normalized spacial score (nSPS) is 10.3. The second-order valence-electron chi connectivity index (χ2n) is 3.97. The summed E-state index contributed by atoms with van der Waals surface area (Å²) in [5.41, 5.74) is -1.24. The largest absolute Gasteiger partial charge is 0.337 e. The van der Waals surface area contributed by atoms with Crippen molar-refractivity contribution in [1.82, 2.24) is 9.13 Å². The lowest BCUT2D eigenvalue weighted by atomic mass is 10.3. The topological polar surface area (TPSA) is 79.9 Å². The Morgan fingerprint density at radius 2 is 1.85 bits per heavy atom. The van der Waals surface area contributed by atoms with Gasteiger partial charge in [0.25, 0.3) is 0 Å². The third-order valence-corrected chi connectivity index (χ3v) is 2.61. The van der Waals surface area contributed by atoms with E-state index in [1.165, 1.54) is 19.2 Å². The molecule has 20 heavy (non-hydrogen) atoms. The summed E-state index contributed by atoms with van der Waals surface area (Å²) < 4.78 is 27.3. The number of hydrogen-bond donors (Lipinski definition) is 2. The first kappa shape index (κ1) is 13.7. The number of nitrogens with zero attached hydrogens (tertiary/aromatic N) is 2. The quantitative estimate of drug-likeness (QED) is 0.818. The molecule has 1 amide bonds. The van der Waals surface area contributed by atoms with Gasteiger partial charge < -0.3 is 5.32 Å². The fourth-order valence-corrected chi connectivity index (χ4v) is 1.51. The van der Waals surface area contributed by atoms with Crippen LogP contribution in [0, 0.1) is 17.0 Å². The SMILES string of the molecule is Cn1c(=N)c(F)cn(C(=O)Nc2ccc(F)cc2)c1=O. The number of amides is 1. The van der Waals surface area contributed by atoms with E-state index in [1.807, 2.05) is 0 Å². The van der Waals surface area contributed by atoms with Crippen LogP contribution in [0.4, 0.5) is 19.3 Å². The van der Waals surface area contributed by atoms with Gasteiger partial charge in [-0.3, -0.25) is 9.98 Å². The Labute approximate surface area is 111 Å². The minimum atomic E-state index is -1.01. The van der Waals surface area contributed by atoms with E-state index in [1.54, 1.807) is 0 Å². The van der Waals surface area contributed by atoms with Gasteiger partial charge in [0.15, 0.2) is 11.3 Å². The zero-order valence-electron chi connectivity index (χ0n) is 10.4. The maximum absolute atomic E-state index is 13.4. The monoisotopic (exact) mass is 280 g/mol. The lowest BCUT2D eigenvalue weighted by Gasteiger charge is -2.09. The van der Waals surface area contributed by atoms with Crippen molar-refractivity contribution in [2.75, 3.05) is 5.32 Å². The van der Waals surface area contributed by atoms with Crippen molar-refractivity contribution in [1.29, 1.82) is 5.41 Å². The molecule has 0 spiro atoms. The first-order chi connectivity index (χ1) is 9.40. The molecule has 1 aromatic carbocycles. The summed E-state index contributed by atoms with van der Waals surface area (Å²) in [7, 11) is 1.18. The highest BCUT2D eigenvalue weighted by atomic mass is 19.1. The Morgan fingerprint density at radius 1 is 1.25 bits per heavy atom. The molecule has 0 aliphatic rings. The van der Waals surface area contributed by atoms with Crippen LogP contribution in [0.3, 0.4) is 0 Å². The minimum Gasteiger partial charge on any atom is -0.307 e. The van der Waals surface area contributed by atoms with Crippen molar-refractivity contribution < 1.29 is 13.6 Å². The second kappa shape index (κ2) is 5.08. The maximum Gasteiger partial charge on any atom is 0.337 e. The Kier molecular flexibility index (Phi) is 3.47. The molecule has 2 rings (SSSR count). The van der Waals surface area contributed by atoms with Gasteiger partial charge in [-0.15, -0.1) is 0 Å². The summed E-state index contributed by atoms with van der Waals surface area (Å²) in [5.74, 6) is -1.49. The van der Waals surface area contributed by atoms with E-state index in [0.29, 0.717) is 15.3 Å². The van der Waals surface area contributed by atoms with Gasteiger partial charge in [0.2, 0.25) is 0 Å². The first-order valence-corrected chi connectivity index (χ1v) is 5.50. The highest BCUT2D eigenvalue weighted by Gasteiger charge is 2.12. The van der Waals surface area contributed by atoms with Crippen LogP contribution in [0.5, 0.6) is 0 Å². The number of nitrogens with one attached hydrogen (secondary N) is 2. The van der Waals surface area contributed by atoms with E-state index in [4.69, 9.17) is 5.41 Å². The highest BCUT2D eigenvalue weighted by Crippen LogP contribution is 2.08. The van der Waals surface area contributed by atoms with Gasteiger partial charge in [0, 0.05) is 12.7 Å². The molecule has 0 unspecified atom stereocenters. The van der Waals surface area contributed by atoms with Crippen molar-refractivity contribution in [2.24, 2.45) is 7.05 Å². The number of carbonyl (C=O) groups is 1. The Hall–Kier alpha value is -2.77. The number of halogens is 2. The fraction of sp³-hybridized carbons (Fsp3) is 0.0833. The van der Waals surface area contributed by atoms with Crippen molar-refractivity contribution in [3.63, 3.8) is 0 Å². The average molecular weight is 280 g/mol. The summed E-state index contributed by atoms with van der Waals surface area (Å²) >= 11 is 0. The second-order valence-corrected chi connectivity index (χ2v) is 3.97. The van der Waals surface area contributed by atoms with E-state index < -0.39 is 28.8 Å². The minimum absolute atomic E-state index is 0.251. The highest BCUT2D eigenvalue weighted by molar-refractivity contribution is 5.90. The predicted octanol–water partition coefficient (Wildman–Crippen LogP) is 1.02. The van der Waals surface area contributed by atoms with Gasteiger partial charge in [-0.25, -0.2) is 22.9 Å². The summed E-state index contributed by atoms with van der Waals surface area (Å²) in [4.78, 5) is 23.6. The molecule has 104 valence electrons. The van der Waals surface area contributed by atoms with Gasteiger partial charge in [-0.2, -0.15) is 0 Å². The van der Waals surface area contributed by atoms with Gasteiger partial charge >= 0.3 is 11.7 Å². The van der Waals surface area contributed by atoms with Crippen LogP contribution in [-0.2, 0) is 7.05 Å². The van der Waals surface area contributed by atoms with Crippen LogP contribution in [0.1, 0.15) is 0 Å². The Morgan fingerprint density at radius 3 is 2.45 bits per heavy atom. The van der Waals surface area contributed by atoms with E-state index in [9.17, 15) is 18.4 Å². The van der Waals surface area contributed by atoms with Crippen LogP contribution in [0.15, 0.2) is 35.3 Å². The molecule has 0 radical (unpaired) electrons. The van der Waals surface area contributed by atoms with Crippen molar-refractivity contribution in [2.45, 2.75) is 0 Å². The molecule has 0 fully saturated rings. The summed E-state index contributed by atoms with van der Waals surface area (Å²) in [6.45, 7) is 0. The molecule has 8 heteroatoms. The number of anilines is 1. The third kappa shape index (κ3) is 2.48. The van der Waals surface area contributed by atoms with E-state index in [0.717, 1.165) is 12.1 Å². The van der Waals surface area contributed by atoms with Gasteiger partial charge in [0.05, 0.1) is 6.20 Å². The number of aromatic nitrogens is 2. The zero-order valence-corrected chi connectivity index (χ0v) is 10.4. The third-order valence-electron chi connectivity index (χ3n) is 2.61. The average Bonchev–Trinajstić information content (AvgIpc) is 2.43. The van der Waals surface area contributed by atoms with Crippen LogP contribution in [0.25, 0.3) is 0 Å². The Bertz CT molecular complexity index is 778. The van der Waals surface area contributed by atoms with E-state index in [-0.39, 0.29) is 5.69 Å². The Balaban J connectivity index is 2.37. The molecular weight excluding hydrogens is 270 g/mol. The molecule has 0 saturated heterocycles. The van der Waals surface area contributed by atoms with Crippen molar-refractivity contribution in [3.8, 4) is 0 Å². The molecule has 1 aromatic heterocycles. The summed E-state index contributed by atoms with van der Waals surface area (Å²) in [6, 6.07) is 3.95. The smallest absolute Gasteiger partial charge is 0.307 e. The van der Waals surface area contributed by atoms with Gasteiger partial charge in [0.1, 0.15) is 5.82 Å². The van der Waals surface area contributed by atoms with Crippen LogP contribution < -0.4 is 16.5 Å². The van der Waals surface area contributed by atoms with E-state index >= 15 is 0 Å². The zero-order chi connectivity index (χ0) is 14.9. The van der Waals surface area contributed by atoms with Crippen molar-refractivity contribution in [3.05, 3.63) is 58.1 Å². The molecule has 2 aromatic rings. The molecule has 0 atom stereocenters. The molecule has 6 nitrogen and oxygen atoms in total. The number of rotatable bonds is 1. The molecule has 0 aliphatic carbocycles. The molecule has 0 bridgehead atoms. The molecular formula is C12H10F2N4O2. The van der Waals surface area contributed by atoms with Crippen LogP contribution in [0.2, 0.25) is 0 Å². The molecule has 0 aliphatic heterocycles. The fourth-order valence-electron chi connectivity index (χ4n) is 1.51. The number of hydrogen-bond acceptors (Lipinski definition) is 3. The van der Waals surface area contributed by atoms with Crippen molar-refractivity contribution >= 4 is 11.7 Å². The predicted molar refractivity (Wildman–Crippen MR) is 66.3 cm³/mol. The van der Waals surface area contributed by atoms with E-state index in [2.05, 4.69) is 5.32 Å². The molecule has 0 saturated carbocycles.